The smallest absolute Gasteiger partial charge is 0.308 e. The summed E-state index contributed by atoms with van der Waals surface area (Å²) in [6.07, 6.45) is 0.429. The van der Waals surface area contributed by atoms with Crippen LogP contribution in [0.1, 0.15) is 23.7 Å². The first kappa shape index (κ1) is 13.2. The van der Waals surface area contributed by atoms with Gasteiger partial charge in [0.2, 0.25) is 0 Å². The van der Waals surface area contributed by atoms with E-state index in [1.54, 1.807) is 6.92 Å². The first-order valence-corrected chi connectivity index (χ1v) is 5.31. The zero-order valence-electron chi connectivity index (χ0n) is 9.44. The van der Waals surface area contributed by atoms with Crippen LogP contribution in [-0.2, 0) is 4.79 Å². The SMILES string of the molecule is CCC(CNC(=O)c1cccc(F)c1)C(=O)O. The minimum absolute atomic E-state index is 0.0428. The highest BCUT2D eigenvalue weighted by Gasteiger charge is 2.16. The maximum absolute atomic E-state index is 12.8. The van der Waals surface area contributed by atoms with Crippen molar-refractivity contribution in [3.8, 4) is 0 Å². The Hall–Kier alpha value is -1.91. The molecular formula is C12H14FNO3. The van der Waals surface area contributed by atoms with Gasteiger partial charge in [-0.05, 0) is 24.6 Å². The van der Waals surface area contributed by atoms with E-state index >= 15 is 0 Å². The van der Waals surface area contributed by atoms with Crippen molar-refractivity contribution in [3.05, 3.63) is 35.6 Å². The number of carboxylic acids is 1. The maximum Gasteiger partial charge on any atom is 0.308 e. The van der Waals surface area contributed by atoms with E-state index in [0.717, 1.165) is 6.07 Å². The van der Waals surface area contributed by atoms with E-state index in [-0.39, 0.29) is 12.1 Å². The van der Waals surface area contributed by atoms with Crippen molar-refractivity contribution in [1.82, 2.24) is 5.32 Å². The number of benzene rings is 1. The van der Waals surface area contributed by atoms with Crippen molar-refractivity contribution in [2.75, 3.05) is 6.54 Å². The number of nitrogens with one attached hydrogen (secondary N) is 1. The van der Waals surface area contributed by atoms with Gasteiger partial charge in [0.05, 0.1) is 5.92 Å². The van der Waals surface area contributed by atoms with Gasteiger partial charge in [-0.1, -0.05) is 13.0 Å². The predicted molar refractivity (Wildman–Crippen MR) is 60.2 cm³/mol. The summed E-state index contributed by atoms with van der Waals surface area (Å²) in [5.74, 6) is -2.54. The standard InChI is InChI=1S/C12H14FNO3/c1-2-8(12(16)17)7-14-11(15)9-4-3-5-10(13)6-9/h3-6,8H,2,7H2,1H3,(H,14,15)(H,16,17). The maximum atomic E-state index is 12.8. The lowest BCUT2D eigenvalue weighted by Gasteiger charge is -2.10. The number of aliphatic carboxylic acids is 1. The summed E-state index contributed by atoms with van der Waals surface area (Å²) in [7, 11) is 0. The van der Waals surface area contributed by atoms with Crippen molar-refractivity contribution < 1.29 is 19.1 Å². The zero-order chi connectivity index (χ0) is 12.8. The summed E-state index contributed by atoms with van der Waals surface area (Å²) in [4.78, 5) is 22.3. The molecule has 0 aliphatic carbocycles. The molecule has 0 aliphatic rings. The first-order chi connectivity index (χ1) is 8.04. The van der Waals surface area contributed by atoms with Crippen molar-refractivity contribution in [3.63, 3.8) is 0 Å². The molecule has 92 valence electrons. The van der Waals surface area contributed by atoms with E-state index in [1.807, 2.05) is 0 Å². The monoisotopic (exact) mass is 239 g/mol. The molecule has 0 aliphatic heterocycles. The summed E-state index contributed by atoms with van der Waals surface area (Å²) in [5, 5.41) is 11.3. The van der Waals surface area contributed by atoms with Crippen LogP contribution in [0.2, 0.25) is 0 Å². The van der Waals surface area contributed by atoms with Crippen LogP contribution in [0.4, 0.5) is 4.39 Å². The Morgan fingerprint density at radius 2 is 2.18 bits per heavy atom. The zero-order valence-corrected chi connectivity index (χ0v) is 9.44. The van der Waals surface area contributed by atoms with Crippen molar-refractivity contribution in [1.29, 1.82) is 0 Å². The number of amides is 1. The largest absolute Gasteiger partial charge is 0.481 e. The van der Waals surface area contributed by atoms with Crippen molar-refractivity contribution in [2.24, 2.45) is 5.92 Å². The van der Waals surface area contributed by atoms with E-state index in [4.69, 9.17) is 5.11 Å². The average Bonchev–Trinajstić information content (AvgIpc) is 2.29. The summed E-state index contributed by atoms with van der Waals surface area (Å²) in [5.41, 5.74) is 0.185. The van der Waals surface area contributed by atoms with Gasteiger partial charge in [-0.25, -0.2) is 4.39 Å². The Morgan fingerprint density at radius 3 is 2.71 bits per heavy atom. The number of halogens is 1. The van der Waals surface area contributed by atoms with E-state index < -0.39 is 23.6 Å². The molecule has 0 saturated carbocycles. The quantitative estimate of drug-likeness (QED) is 0.821. The van der Waals surface area contributed by atoms with Gasteiger partial charge in [0.15, 0.2) is 0 Å². The summed E-state index contributed by atoms with van der Waals surface area (Å²) in [6, 6.07) is 5.25. The third-order valence-corrected chi connectivity index (χ3v) is 2.44. The third kappa shape index (κ3) is 3.86. The van der Waals surface area contributed by atoms with Gasteiger partial charge in [0, 0.05) is 12.1 Å². The Bertz CT molecular complexity index is 420. The molecule has 5 heteroatoms. The van der Waals surface area contributed by atoms with Crippen LogP contribution in [0.3, 0.4) is 0 Å². The molecule has 0 spiro atoms. The van der Waals surface area contributed by atoms with E-state index in [9.17, 15) is 14.0 Å². The molecular weight excluding hydrogens is 225 g/mol. The molecule has 1 atom stereocenters. The molecule has 0 heterocycles. The van der Waals surface area contributed by atoms with Gasteiger partial charge in [-0.15, -0.1) is 0 Å². The normalized spacial score (nSPS) is 11.9. The molecule has 0 bridgehead atoms. The fourth-order valence-corrected chi connectivity index (χ4v) is 1.35. The van der Waals surface area contributed by atoms with Crippen LogP contribution in [0.25, 0.3) is 0 Å². The lowest BCUT2D eigenvalue weighted by molar-refractivity contribution is -0.141. The molecule has 1 aromatic rings. The van der Waals surface area contributed by atoms with Crippen LogP contribution in [-0.4, -0.2) is 23.5 Å². The molecule has 17 heavy (non-hydrogen) atoms. The highest BCUT2D eigenvalue weighted by Crippen LogP contribution is 2.05. The summed E-state index contributed by atoms with van der Waals surface area (Å²) >= 11 is 0. The Labute approximate surface area is 98.5 Å². The molecule has 1 unspecified atom stereocenters. The van der Waals surface area contributed by atoms with Crippen molar-refractivity contribution >= 4 is 11.9 Å². The molecule has 0 aromatic heterocycles. The first-order valence-electron chi connectivity index (χ1n) is 5.31. The van der Waals surface area contributed by atoms with Crippen LogP contribution in [0.15, 0.2) is 24.3 Å². The second kappa shape index (κ2) is 5.98. The van der Waals surface area contributed by atoms with Crippen LogP contribution >= 0.6 is 0 Å². The van der Waals surface area contributed by atoms with Gasteiger partial charge in [-0.3, -0.25) is 9.59 Å². The molecule has 0 fully saturated rings. The second-order valence-corrected chi connectivity index (χ2v) is 3.66. The number of carbonyl (C=O) groups excluding carboxylic acids is 1. The third-order valence-electron chi connectivity index (χ3n) is 2.44. The molecule has 4 nitrogen and oxygen atoms in total. The molecule has 1 aromatic carbocycles. The lowest BCUT2D eigenvalue weighted by Crippen LogP contribution is -2.32. The van der Waals surface area contributed by atoms with Crippen LogP contribution in [0.5, 0.6) is 0 Å². The highest BCUT2D eigenvalue weighted by atomic mass is 19.1. The van der Waals surface area contributed by atoms with E-state index in [1.165, 1.54) is 18.2 Å². The fourth-order valence-electron chi connectivity index (χ4n) is 1.35. The molecule has 1 amide bonds. The number of hydrogen-bond donors (Lipinski definition) is 2. The lowest BCUT2D eigenvalue weighted by atomic mass is 10.1. The Kier molecular flexibility index (Phi) is 4.63. The van der Waals surface area contributed by atoms with Crippen LogP contribution < -0.4 is 5.32 Å². The topological polar surface area (TPSA) is 66.4 Å². The molecule has 2 N–H and O–H groups in total. The Morgan fingerprint density at radius 1 is 1.47 bits per heavy atom. The number of rotatable bonds is 5. The summed E-state index contributed by atoms with van der Waals surface area (Å²) in [6.45, 7) is 1.77. The number of carbonyl (C=O) groups is 2. The fraction of sp³-hybridized carbons (Fsp3) is 0.333. The summed E-state index contributed by atoms with van der Waals surface area (Å²) < 4.78 is 12.8. The average molecular weight is 239 g/mol. The minimum atomic E-state index is -0.952. The number of carboxylic acid groups (broad SMARTS) is 1. The Balaban J connectivity index is 2.58. The predicted octanol–water partition coefficient (Wildman–Crippen LogP) is 1.67. The molecule has 0 saturated heterocycles. The van der Waals surface area contributed by atoms with Gasteiger partial charge in [0.25, 0.3) is 5.91 Å². The van der Waals surface area contributed by atoms with Crippen LogP contribution in [0, 0.1) is 11.7 Å². The molecule has 1 rings (SSSR count). The molecule has 0 radical (unpaired) electrons. The van der Waals surface area contributed by atoms with Crippen molar-refractivity contribution in [2.45, 2.75) is 13.3 Å². The van der Waals surface area contributed by atoms with Gasteiger partial charge in [0.1, 0.15) is 5.82 Å². The second-order valence-electron chi connectivity index (χ2n) is 3.66. The van der Waals surface area contributed by atoms with Gasteiger partial charge >= 0.3 is 5.97 Å². The van der Waals surface area contributed by atoms with E-state index in [0.29, 0.717) is 6.42 Å². The van der Waals surface area contributed by atoms with Gasteiger partial charge < -0.3 is 10.4 Å². The van der Waals surface area contributed by atoms with Gasteiger partial charge in [-0.2, -0.15) is 0 Å². The van der Waals surface area contributed by atoms with E-state index in [2.05, 4.69) is 5.32 Å². The minimum Gasteiger partial charge on any atom is -0.481 e. The number of hydrogen-bond acceptors (Lipinski definition) is 2. The highest BCUT2D eigenvalue weighted by molar-refractivity contribution is 5.94.